The van der Waals surface area contributed by atoms with Crippen LogP contribution in [0.2, 0.25) is 0 Å². The van der Waals surface area contributed by atoms with E-state index in [1.54, 1.807) is 36.6 Å². The second kappa shape index (κ2) is 10.7. The van der Waals surface area contributed by atoms with Gasteiger partial charge < -0.3 is 14.1 Å². The molecule has 1 fully saturated rings. The number of methoxy groups -OCH3 is 1. The van der Waals surface area contributed by atoms with E-state index in [1.807, 2.05) is 4.90 Å². The van der Waals surface area contributed by atoms with Crippen molar-refractivity contribution in [2.45, 2.75) is 43.8 Å². The summed E-state index contributed by atoms with van der Waals surface area (Å²) in [4.78, 5) is 44.7. The first-order valence-electron chi connectivity index (χ1n) is 11.1. The van der Waals surface area contributed by atoms with Gasteiger partial charge in [-0.1, -0.05) is 31.0 Å². The number of carbonyl (C=O) groups is 2. The highest BCUT2D eigenvalue weighted by atomic mass is 32.2. The molecule has 33 heavy (non-hydrogen) atoms. The summed E-state index contributed by atoms with van der Waals surface area (Å²) in [6, 6.07) is 8.22. The van der Waals surface area contributed by atoms with Gasteiger partial charge in [0, 0.05) is 13.1 Å². The van der Waals surface area contributed by atoms with Crippen LogP contribution in [0.1, 0.15) is 48.2 Å². The smallest absolute Gasteiger partial charge is 0.337 e. The highest BCUT2D eigenvalue weighted by molar-refractivity contribution is 7.99. The zero-order valence-electron chi connectivity index (χ0n) is 18.6. The van der Waals surface area contributed by atoms with E-state index in [0.717, 1.165) is 38.8 Å². The molecule has 9 heteroatoms. The lowest BCUT2D eigenvalue weighted by Gasteiger charge is -2.24. The number of ether oxygens (including phenoxy) is 1. The first-order valence-corrected chi connectivity index (χ1v) is 12.1. The number of likely N-dealkylation sites (tertiary alicyclic amines) is 1. The van der Waals surface area contributed by atoms with Crippen LogP contribution in [-0.2, 0) is 16.1 Å². The van der Waals surface area contributed by atoms with Gasteiger partial charge in [-0.2, -0.15) is 0 Å². The van der Waals surface area contributed by atoms with E-state index >= 15 is 0 Å². The summed E-state index contributed by atoms with van der Waals surface area (Å²) in [7, 11) is 1.30. The molecule has 1 aromatic carbocycles. The fourth-order valence-corrected chi connectivity index (χ4v) is 4.87. The zero-order valence-corrected chi connectivity index (χ0v) is 19.4. The molecule has 0 saturated carbocycles. The molecule has 1 aliphatic heterocycles. The van der Waals surface area contributed by atoms with Crippen molar-refractivity contribution in [1.29, 1.82) is 0 Å². The number of esters is 1. The number of carbonyl (C=O) groups excluding carboxylic acids is 2. The third-order valence-electron chi connectivity index (χ3n) is 5.77. The van der Waals surface area contributed by atoms with Crippen LogP contribution in [0.15, 0.2) is 51.0 Å². The lowest BCUT2D eigenvalue weighted by molar-refractivity contribution is -0.128. The average Bonchev–Trinajstić information content (AvgIpc) is 3.32. The second-order valence-corrected chi connectivity index (χ2v) is 8.97. The van der Waals surface area contributed by atoms with Crippen LogP contribution >= 0.6 is 11.8 Å². The van der Waals surface area contributed by atoms with E-state index in [-0.39, 0.29) is 23.8 Å². The van der Waals surface area contributed by atoms with Gasteiger partial charge in [-0.3, -0.25) is 14.2 Å². The largest absolute Gasteiger partial charge is 0.467 e. The van der Waals surface area contributed by atoms with Crippen LogP contribution < -0.4 is 5.56 Å². The Kier molecular flexibility index (Phi) is 7.49. The van der Waals surface area contributed by atoms with Crippen LogP contribution in [0.4, 0.5) is 0 Å². The summed E-state index contributed by atoms with van der Waals surface area (Å²) in [5.41, 5.74) is 0.446. The molecule has 0 unspecified atom stereocenters. The van der Waals surface area contributed by atoms with E-state index in [4.69, 9.17) is 9.15 Å². The Morgan fingerprint density at radius 2 is 1.88 bits per heavy atom. The first-order chi connectivity index (χ1) is 16.1. The Hall–Kier alpha value is -3.07. The standard InChI is InChI=1S/C24H27N3O5S/c1-31-23(30)17-9-10-19-20(14-17)25-24(27(22(19)29)15-18-8-7-13-32-18)33-16-21(28)26-11-5-3-2-4-6-12-26/h7-10,13-14H,2-6,11-12,15-16H2,1H3. The monoisotopic (exact) mass is 469 g/mol. The van der Waals surface area contributed by atoms with E-state index in [1.165, 1.54) is 29.9 Å². The molecule has 0 bridgehead atoms. The maximum atomic E-state index is 13.3. The molecular formula is C24H27N3O5S. The van der Waals surface area contributed by atoms with Crippen molar-refractivity contribution in [3.05, 3.63) is 58.3 Å². The van der Waals surface area contributed by atoms with E-state index in [2.05, 4.69) is 4.98 Å². The normalized spacial score (nSPS) is 14.6. The molecule has 0 radical (unpaired) electrons. The van der Waals surface area contributed by atoms with Gasteiger partial charge >= 0.3 is 5.97 Å². The van der Waals surface area contributed by atoms with Gasteiger partial charge in [0.05, 0.1) is 42.1 Å². The Labute approximate surface area is 195 Å². The van der Waals surface area contributed by atoms with Crippen molar-refractivity contribution >= 4 is 34.5 Å². The molecule has 174 valence electrons. The van der Waals surface area contributed by atoms with Crippen molar-refractivity contribution in [3.8, 4) is 0 Å². The number of hydrogen-bond acceptors (Lipinski definition) is 7. The number of benzene rings is 1. The fraction of sp³-hybridized carbons (Fsp3) is 0.417. The van der Waals surface area contributed by atoms with Gasteiger partial charge in [0.15, 0.2) is 5.16 Å². The summed E-state index contributed by atoms with van der Waals surface area (Å²) in [6.07, 6.45) is 7.11. The maximum Gasteiger partial charge on any atom is 0.337 e. The Balaban J connectivity index is 1.65. The average molecular weight is 470 g/mol. The van der Waals surface area contributed by atoms with Crippen LogP contribution in [0.25, 0.3) is 10.9 Å². The van der Waals surface area contributed by atoms with Crippen LogP contribution in [0.3, 0.4) is 0 Å². The molecule has 0 N–H and O–H groups in total. The van der Waals surface area contributed by atoms with Crippen molar-refractivity contribution in [2.24, 2.45) is 0 Å². The molecule has 4 rings (SSSR count). The molecule has 0 atom stereocenters. The molecule has 3 aromatic rings. The Bertz CT molecular complexity index is 1180. The molecule has 8 nitrogen and oxygen atoms in total. The van der Waals surface area contributed by atoms with Gasteiger partial charge in [0.1, 0.15) is 5.76 Å². The van der Waals surface area contributed by atoms with E-state index in [9.17, 15) is 14.4 Å². The molecule has 0 spiro atoms. The molecule has 3 heterocycles. The number of nitrogens with zero attached hydrogens (tertiary/aromatic N) is 3. The van der Waals surface area contributed by atoms with E-state index in [0.29, 0.717) is 27.4 Å². The SMILES string of the molecule is COC(=O)c1ccc2c(=O)n(Cc3ccco3)c(SCC(=O)N3CCCCCCC3)nc2c1. The number of thioether (sulfide) groups is 1. The molecule has 1 amide bonds. The third kappa shape index (κ3) is 5.47. The Morgan fingerprint density at radius 3 is 2.58 bits per heavy atom. The van der Waals surface area contributed by atoms with Crippen LogP contribution in [0, 0.1) is 0 Å². The zero-order chi connectivity index (χ0) is 23.2. The third-order valence-corrected chi connectivity index (χ3v) is 6.73. The number of furan rings is 1. The lowest BCUT2D eigenvalue weighted by Crippen LogP contribution is -2.35. The number of rotatable bonds is 6. The molecule has 0 aliphatic carbocycles. The van der Waals surface area contributed by atoms with Gasteiger partial charge in [-0.25, -0.2) is 9.78 Å². The Morgan fingerprint density at radius 1 is 1.12 bits per heavy atom. The highest BCUT2D eigenvalue weighted by Gasteiger charge is 2.19. The molecular weight excluding hydrogens is 442 g/mol. The second-order valence-electron chi connectivity index (χ2n) is 8.03. The quantitative estimate of drug-likeness (QED) is 0.309. The fourth-order valence-electron chi connectivity index (χ4n) is 3.97. The summed E-state index contributed by atoms with van der Waals surface area (Å²) >= 11 is 1.23. The molecule has 2 aromatic heterocycles. The van der Waals surface area contributed by atoms with Gasteiger partial charge in [0.2, 0.25) is 5.91 Å². The minimum absolute atomic E-state index is 0.0455. The van der Waals surface area contributed by atoms with Crippen molar-refractivity contribution in [2.75, 3.05) is 26.0 Å². The summed E-state index contributed by atoms with van der Waals surface area (Å²) in [5, 5.41) is 0.792. The maximum absolute atomic E-state index is 13.3. The number of aromatic nitrogens is 2. The lowest BCUT2D eigenvalue weighted by atomic mass is 10.1. The van der Waals surface area contributed by atoms with Crippen molar-refractivity contribution < 1.29 is 18.7 Å². The van der Waals surface area contributed by atoms with Crippen LogP contribution in [0.5, 0.6) is 0 Å². The predicted octanol–water partition coefficient (Wildman–Crippen LogP) is 3.71. The molecule has 1 saturated heterocycles. The predicted molar refractivity (Wildman–Crippen MR) is 126 cm³/mol. The van der Waals surface area contributed by atoms with Crippen molar-refractivity contribution in [3.63, 3.8) is 0 Å². The van der Waals surface area contributed by atoms with Gasteiger partial charge in [0.25, 0.3) is 5.56 Å². The van der Waals surface area contributed by atoms with Gasteiger partial charge in [-0.05, 0) is 43.2 Å². The van der Waals surface area contributed by atoms with Crippen LogP contribution in [-0.4, -0.2) is 52.3 Å². The summed E-state index contributed by atoms with van der Waals surface area (Å²) < 4.78 is 11.7. The minimum Gasteiger partial charge on any atom is -0.467 e. The van der Waals surface area contributed by atoms with Crippen molar-refractivity contribution in [1.82, 2.24) is 14.5 Å². The highest BCUT2D eigenvalue weighted by Crippen LogP contribution is 2.21. The first kappa shape index (κ1) is 23.1. The summed E-state index contributed by atoms with van der Waals surface area (Å²) in [5.74, 6) is 0.345. The number of fused-ring (bicyclic) bond motifs is 1. The number of hydrogen-bond donors (Lipinski definition) is 0. The summed E-state index contributed by atoms with van der Waals surface area (Å²) in [6.45, 7) is 1.74. The van der Waals surface area contributed by atoms with E-state index < -0.39 is 5.97 Å². The van der Waals surface area contributed by atoms with Gasteiger partial charge in [-0.15, -0.1) is 0 Å². The minimum atomic E-state index is -0.500. The topological polar surface area (TPSA) is 94.6 Å². The molecule has 1 aliphatic rings. The number of amides is 1.